The SMILES string of the molecule is CSCCC(NC(=O)c1ccccc1Br)C(=O)NNC(=O)Cc1csc(C)n1. The molecule has 2 rings (SSSR count). The number of hydrogen-bond donors (Lipinski definition) is 3. The second-order valence-corrected chi connectivity index (χ2v) is 8.76. The second kappa shape index (κ2) is 11.2. The molecule has 1 aromatic heterocycles. The molecule has 0 spiro atoms. The molecule has 0 radical (unpaired) electrons. The fourth-order valence-electron chi connectivity index (χ4n) is 2.30. The highest BCUT2D eigenvalue weighted by Crippen LogP contribution is 2.16. The van der Waals surface area contributed by atoms with Crippen LogP contribution in [0.15, 0.2) is 34.1 Å². The Balaban J connectivity index is 1.93. The van der Waals surface area contributed by atoms with E-state index in [4.69, 9.17) is 0 Å². The largest absolute Gasteiger partial charge is 0.340 e. The summed E-state index contributed by atoms with van der Waals surface area (Å²) >= 11 is 6.36. The van der Waals surface area contributed by atoms with Crippen molar-refractivity contribution in [1.29, 1.82) is 0 Å². The first-order valence-electron chi connectivity index (χ1n) is 8.44. The van der Waals surface area contributed by atoms with Gasteiger partial charge < -0.3 is 5.32 Å². The van der Waals surface area contributed by atoms with E-state index in [9.17, 15) is 14.4 Å². The number of aromatic nitrogens is 1. The summed E-state index contributed by atoms with van der Waals surface area (Å²) in [5, 5.41) is 5.40. The van der Waals surface area contributed by atoms with E-state index in [2.05, 4.69) is 37.1 Å². The summed E-state index contributed by atoms with van der Waals surface area (Å²) in [7, 11) is 0. The highest BCUT2D eigenvalue weighted by molar-refractivity contribution is 9.10. The van der Waals surface area contributed by atoms with Gasteiger partial charge in [0, 0.05) is 9.85 Å². The van der Waals surface area contributed by atoms with Crippen LogP contribution < -0.4 is 16.2 Å². The Morgan fingerprint density at radius 3 is 2.64 bits per heavy atom. The first-order chi connectivity index (χ1) is 13.4. The van der Waals surface area contributed by atoms with E-state index >= 15 is 0 Å². The average molecular weight is 485 g/mol. The number of hydrazine groups is 1. The first-order valence-corrected chi connectivity index (χ1v) is 11.5. The number of rotatable bonds is 8. The molecule has 0 aliphatic carbocycles. The van der Waals surface area contributed by atoms with Gasteiger partial charge in [-0.1, -0.05) is 12.1 Å². The summed E-state index contributed by atoms with van der Waals surface area (Å²) in [6.45, 7) is 1.86. The van der Waals surface area contributed by atoms with Gasteiger partial charge >= 0.3 is 0 Å². The topological polar surface area (TPSA) is 100 Å². The van der Waals surface area contributed by atoms with Crippen molar-refractivity contribution in [1.82, 2.24) is 21.2 Å². The zero-order chi connectivity index (χ0) is 20.5. The van der Waals surface area contributed by atoms with Crippen LogP contribution in [0.3, 0.4) is 0 Å². The minimum Gasteiger partial charge on any atom is -0.340 e. The molecular formula is C18H21BrN4O3S2. The number of carbonyl (C=O) groups is 3. The molecule has 150 valence electrons. The Kier molecular flexibility index (Phi) is 8.94. The number of halogens is 1. The fourth-order valence-corrected chi connectivity index (χ4v) is 3.85. The highest BCUT2D eigenvalue weighted by Gasteiger charge is 2.22. The van der Waals surface area contributed by atoms with Gasteiger partial charge in [0.05, 0.1) is 22.7 Å². The van der Waals surface area contributed by atoms with Crippen LogP contribution in [-0.4, -0.2) is 40.8 Å². The molecular weight excluding hydrogens is 464 g/mol. The van der Waals surface area contributed by atoms with Crippen LogP contribution in [0.4, 0.5) is 0 Å². The molecule has 28 heavy (non-hydrogen) atoms. The van der Waals surface area contributed by atoms with Crippen molar-refractivity contribution in [3.8, 4) is 0 Å². The lowest BCUT2D eigenvalue weighted by Gasteiger charge is -2.18. The van der Waals surface area contributed by atoms with Gasteiger partial charge in [0.1, 0.15) is 6.04 Å². The predicted octanol–water partition coefficient (Wildman–Crippen LogP) is 2.46. The first kappa shape index (κ1) is 22.4. The van der Waals surface area contributed by atoms with E-state index < -0.39 is 11.9 Å². The number of carbonyl (C=O) groups excluding carboxylic acids is 3. The summed E-state index contributed by atoms with van der Waals surface area (Å²) in [6.07, 6.45) is 2.43. The van der Waals surface area contributed by atoms with E-state index in [1.165, 1.54) is 11.3 Å². The quantitative estimate of drug-likeness (QED) is 0.499. The Morgan fingerprint density at radius 2 is 2.00 bits per heavy atom. The number of amides is 3. The fraction of sp³-hybridized carbons (Fsp3) is 0.333. The molecule has 0 fully saturated rings. The van der Waals surface area contributed by atoms with Crippen molar-refractivity contribution in [2.75, 3.05) is 12.0 Å². The molecule has 3 amide bonds. The minimum absolute atomic E-state index is 0.0728. The number of aryl methyl sites for hydroxylation is 1. The van der Waals surface area contributed by atoms with Crippen LogP contribution in [-0.2, 0) is 16.0 Å². The monoisotopic (exact) mass is 484 g/mol. The average Bonchev–Trinajstić information content (AvgIpc) is 3.07. The van der Waals surface area contributed by atoms with Gasteiger partial charge in [0.15, 0.2) is 0 Å². The van der Waals surface area contributed by atoms with Crippen molar-refractivity contribution in [2.24, 2.45) is 0 Å². The summed E-state index contributed by atoms with van der Waals surface area (Å²) in [4.78, 5) is 41.2. The summed E-state index contributed by atoms with van der Waals surface area (Å²) in [5.74, 6) is -0.532. The van der Waals surface area contributed by atoms with Gasteiger partial charge in [-0.25, -0.2) is 4.98 Å². The van der Waals surface area contributed by atoms with Crippen molar-refractivity contribution < 1.29 is 14.4 Å². The Morgan fingerprint density at radius 1 is 1.25 bits per heavy atom. The molecule has 1 aromatic carbocycles. The van der Waals surface area contributed by atoms with Crippen LogP contribution in [0.25, 0.3) is 0 Å². The van der Waals surface area contributed by atoms with Crippen molar-refractivity contribution in [2.45, 2.75) is 25.8 Å². The molecule has 0 saturated carbocycles. The number of nitrogens with zero attached hydrogens (tertiary/aromatic N) is 1. The lowest BCUT2D eigenvalue weighted by Crippen LogP contribution is -2.52. The van der Waals surface area contributed by atoms with Crippen LogP contribution in [0.5, 0.6) is 0 Å². The van der Waals surface area contributed by atoms with Crippen LogP contribution in [0.2, 0.25) is 0 Å². The summed E-state index contributed by atoms with van der Waals surface area (Å²) in [6, 6.07) is 6.20. The Bertz CT molecular complexity index is 844. The molecule has 10 heteroatoms. The zero-order valence-electron chi connectivity index (χ0n) is 15.5. The molecule has 0 aliphatic heterocycles. The lowest BCUT2D eigenvalue weighted by molar-refractivity contribution is -0.129. The van der Waals surface area contributed by atoms with E-state index in [0.29, 0.717) is 27.9 Å². The maximum atomic E-state index is 12.5. The van der Waals surface area contributed by atoms with Crippen LogP contribution in [0.1, 0.15) is 27.5 Å². The maximum absolute atomic E-state index is 12.5. The summed E-state index contributed by atoms with van der Waals surface area (Å²) < 4.78 is 0.642. The normalized spacial score (nSPS) is 11.5. The number of hydrogen-bond acceptors (Lipinski definition) is 6. The van der Waals surface area contributed by atoms with Gasteiger partial charge in [-0.3, -0.25) is 25.2 Å². The zero-order valence-corrected chi connectivity index (χ0v) is 18.7. The van der Waals surface area contributed by atoms with E-state index in [0.717, 1.165) is 5.01 Å². The molecule has 1 atom stereocenters. The molecule has 1 unspecified atom stereocenters. The second-order valence-electron chi connectivity index (χ2n) is 5.86. The minimum atomic E-state index is -0.770. The standard InChI is InChI=1S/C18H21BrN4O3S2/c1-11-20-12(10-28-11)9-16(24)22-23-18(26)15(7-8-27-2)21-17(25)13-5-3-4-6-14(13)19/h3-6,10,15H,7-9H2,1-2H3,(H,21,25)(H,22,24)(H,23,26). The number of thiazole rings is 1. The van der Waals surface area contributed by atoms with Crippen LogP contribution in [0, 0.1) is 6.92 Å². The van der Waals surface area contributed by atoms with Crippen molar-refractivity contribution in [3.63, 3.8) is 0 Å². The van der Waals surface area contributed by atoms with Crippen molar-refractivity contribution >= 4 is 56.8 Å². The highest BCUT2D eigenvalue weighted by atomic mass is 79.9. The molecule has 1 heterocycles. The molecule has 2 aromatic rings. The lowest BCUT2D eigenvalue weighted by atomic mass is 10.1. The third-order valence-electron chi connectivity index (χ3n) is 3.68. The molecule has 0 aliphatic rings. The number of thioether (sulfide) groups is 1. The summed E-state index contributed by atoms with van der Waals surface area (Å²) in [5.41, 5.74) is 5.86. The number of nitrogens with one attached hydrogen (secondary N) is 3. The van der Waals surface area contributed by atoms with Gasteiger partial charge in [-0.15, -0.1) is 11.3 Å². The molecule has 3 N–H and O–H groups in total. The Hall–Kier alpha value is -1.91. The van der Waals surface area contributed by atoms with Gasteiger partial charge in [-0.2, -0.15) is 11.8 Å². The van der Waals surface area contributed by atoms with Crippen LogP contribution >= 0.6 is 39.0 Å². The third kappa shape index (κ3) is 6.92. The van der Waals surface area contributed by atoms with Crippen molar-refractivity contribution in [3.05, 3.63) is 50.4 Å². The maximum Gasteiger partial charge on any atom is 0.260 e. The number of benzene rings is 1. The Labute approximate surface area is 180 Å². The van der Waals surface area contributed by atoms with E-state index in [1.54, 1.807) is 41.4 Å². The smallest absolute Gasteiger partial charge is 0.260 e. The van der Waals surface area contributed by atoms with Gasteiger partial charge in [0.2, 0.25) is 5.91 Å². The third-order valence-corrected chi connectivity index (χ3v) is 5.84. The van der Waals surface area contributed by atoms with Gasteiger partial charge in [0.25, 0.3) is 11.8 Å². The predicted molar refractivity (Wildman–Crippen MR) is 115 cm³/mol. The van der Waals surface area contributed by atoms with Gasteiger partial charge in [-0.05, 0) is 53.4 Å². The van der Waals surface area contributed by atoms with E-state index in [1.807, 2.05) is 13.2 Å². The molecule has 7 nitrogen and oxygen atoms in total. The molecule has 0 saturated heterocycles. The van der Waals surface area contributed by atoms with E-state index in [-0.39, 0.29) is 18.2 Å². The molecule has 0 bridgehead atoms.